The number of amides is 1. The molecule has 0 saturated heterocycles. The molecular weight excluding hydrogens is 332 g/mol. The zero-order chi connectivity index (χ0) is 18.3. The summed E-state index contributed by atoms with van der Waals surface area (Å²) < 4.78 is 7.13. The van der Waals surface area contributed by atoms with Crippen molar-refractivity contribution in [3.05, 3.63) is 58.3 Å². The molecule has 1 aromatic carbocycles. The van der Waals surface area contributed by atoms with Crippen LogP contribution in [0.5, 0.6) is 0 Å². The van der Waals surface area contributed by atoms with Gasteiger partial charge in [-0.25, -0.2) is 9.97 Å². The van der Waals surface area contributed by atoms with Crippen molar-refractivity contribution in [2.24, 2.45) is 0 Å². The molecule has 0 spiro atoms. The van der Waals surface area contributed by atoms with Gasteiger partial charge in [0.15, 0.2) is 5.89 Å². The molecule has 1 aliphatic rings. The second kappa shape index (κ2) is 6.40. The predicted octanol–water partition coefficient (Wildman–Crippen LogP) is 2.09. The molecule has 0 atom stereocenters. The van der Waals surface area contributed by atoms with E-state index in [9.17, 15) is 9.59 Å². The van der Waals surface area contributed by atoms with Crippen LogP contribution in [-0.2, 0) is 24.3 Å². The summed E-state index contributed by atoms with van der Waals surface area (Å²) in [5.41, 5.74) is 1.25. The van der Waals surface area contributed by atoms with Gasteiger partial charge in [-0.3, -0.25) is 14.2 Å². The van der Waals surface area contributed by atoms with Gasteiger partial charge < -0.3 is 9.32 Å². The minimum absolute atomic E-state index is 0.0269. The second-order valence-corrected chi connectivity index (χ2v) is 6.84. The Hall–Kier alpha value is -2.96. The number of oxazole rings is 1. The fraction of sp³-hybridized carbons (Fsp3) is 0.368. The Morgan fingerprint density at radius 3 is 2.92 bits per heavy atom. The SMILES string of the molecule is CC(C)c1nc2c(o1)CCN(C(=O)Cn1cnc3ccccc3c1=O)C2. The molecular formula is C19H20N4O3. The highest BCUT2D eigenvalue weighted by molar-refractivity contribution is 5.79. The van der Waals surface area contributed by atoms with Gasteiger partial charge >= 0.3 is 0 Å². The molecule has 1 aliphatic heterocycles. The molecule has 0 aliphatic carbocycles. The number of hydrogen-bond donors (Lipinski definition) is 0. The second-order valence-electron chi connectivity index (χ2n) is 6.84. The first-order valence-electron chi connectivity index (χ1n) is 8.73. The minimum atomic E-state index is -0.204. The maximum Gasteiger partial charge on any atom is 0.261 e. The first-order chi connectivity index (χ1) is 12.5. The number of aromatic nitrogens is 3. The molecule has 2 aromatic heterocycles. The van der Waals surface area contributed by atoms with Crippen molar-refractivity contribution < 1.29 is 9.21 Å². The lowest BCUT2D eigenvalue weighted by Crippen LogP contribution is -2.39. The van der Waals surface area contributed by atoms with E-state index in [1.165, 1.54) is 10.9 Å². The summed E-state index contributed by atoms with van der Waals surface area (Å²) in [6.07, 6.45) is 2.08. The number of hydrogen-bond acceptors (Lipinski definition) is 5. The van der Waals surface area contributed by atoms with Gasteiger partial charge in [-0.2, -0.15) is 0 Å². The number of benzene rings is 1. The summed E-state index contributed by atoms with van der Waals surface area (Å²) in [6.45, 7) is 5.01. The first-order valence-corrected chi connectivity index (χ1v) is 8.73. The van der Waals surface area contributed by atoms with E-state index in [4.69, 9.17) is 4.42 Å². The van der Waals surface area contributed by atoms with E-state index in [2.05, 4.69) is 9.97 Å². The number of fused-ring (bicyclic) bond motifs is 2. The molecule has 26 heavy (non-hydrogen) atoms. The van der Waals surface area contributed by atoms with Crippen LogP contribution in [0.3, 0.4) is 0 Å². The number of carbonyl (C=O) groups is 1. The Morgan fingerprint density at radius 2 is 2.12 bits per heavy atom. The van der Waals surface area contributed by atoms with Gasteiger partial charge in [0.1, 0.15) is 18.0 Å². The van der Waals surface area contributed by atoms with E-state index in [1.807, 2.05) is 19.9 Å². The summed E-state index contributed by atoms with van der Waals surface area (Å²) >= 11 is 0. The molecule has 3 aromatic rings. The highest BCUT2D eigenvalue weighted by Gasteiger charge is 2.26. The van der Waals surface area contributed by atoms with Crippen LogP contribution in [0.15, 0.2) is 39.8 Å². The summed E-state index contributed by atoms with van der Waals surface area (Å²) in [7, 11) is 0. The normalized spacial score (nSPS) is 14.0. The third-order valence-electron chi connectivity index (χ3n) is 4.63. The molecule has 7 nitrogen and oxygen atoms in total. The van der Waals surface area contributed by atoms with Crippen LogP contribution in [0.2, 0.25) is 0 Å². The molecule has 3 heterocycles. The van der Waals surface area contributed by atoms with Crippen molar-refractivity contribution in [1.29, 1.82) is 0 Å². The van der Waals surface area contributed by atoms with Gasteiger partial charge in [0.05, 0.1) is 23.8 Å². The van der Waals surface area contributed by atoms with E-state index in [0.717, 1.165) is 11.5 Å². The van der Waals surface area contributed by atoms with E-state index in [0.29, 0.717) is 36.3 Å². The zero-order valence-electron chi connectivity index (χ0n) is 14.8. The average molecular weight is 352 g/mol. The minimum Gasteiger partial charge on any atom is -0.445 e. The standard InChI is InChI=1S/C19H20N4O3/c1-12(2)18-21-15-9-22(8-7-16(15)26-18)17(24)10-23-11-20-14-6-4-3-5-13(14)19(23)25/h3-6,11-12H,7-10H2,1-2H3. The molecule has 134 valence electrons. The van der Waals surface area contributed by atoms with Crippen LogP contribution in [-0.4, -0.2) is 31.9 Å². The Labute approximate surface area is 150 Å². The quantitative estimate of drug-likeness (QED) is 0.721. The van der Waals surface area contributed by atoms with Crippen LogP contribution in [0.25, 0.3) is 10.9 Å². The Balaban J connectivity index is 1.54. The van der Waals surface area contributed by atoms with Gasteiger partial charge in [-0.1, -0.05) is 26.0 Å². The highest BCUT2D eigenvalue weighted by atomic mass is 16.4. The highest BCUT2D eigenvalue weighted by Crippen LogP contribution is 2.23. The van der Waals surface area contributed by atoms with Crippen molar-refractivity contribution in [2.75, 3.05) is 6.54 Å². The lowest BCUT2D eigenvalue weighted by atomic mass is 10.1. The maximum atomic E-state index is 12.7. The predicted molar refractivity (Wildman–Crippen MR) is 95.7 cm³/mol. The number of para-hydroxylation sites is 1. The van der Waals surface area contributed by atoms with Gasteiger partial charge in [0, 0.05) is 18.9 Å². The van der Waals surface area contributed by atoms with Crippen LogP contribution in [0.1, 0.15) is 37.1 Å². The Morgan fingerprint density at radius 1 is 1.31 bits per heavy atom. The first kappa shape index (κ1) is 16.5. The zero-order valence-corrected chi connectivity index (χ0v) is 14.8. The van der Waals surface area contributed by atoms with Gasteiger partial charge in [0.2, 0.25) is 5.91 Å². The third kappa shape index (κ3) is 2.89. The molecule has 4 rings (SSSR count). The molecule has 0 N–H and O–H groups in total. The van der Waals surface area contributed by atoms with E-state index < -0.39 is 0 Å². The molecule has 7 heteroatoms. The van der Waals surface area contributed by atoms with Crippen LogP contribution in [0.4, 0.5) is 0 Å². The van der Waals surface area contributed by atoms with Crippen molar-refractivity contribution in [3.8, 4) is 0 Å². The molecule has 0 unspecified atom stereocenters. The summed E-state index contributed by atoms with van der Waals surface area (Å²) in [5, 5.41) is 0.516. The topological polar surface area (TPSA) is 81.2 Å². The lowest BCUT2D eigenvalue weighted by molar-refractivity contribution is -0.132. The van der Waals surface area contributed by atoms with Gasteiger partial charge in [-0.15, -0.1) is 0 Å². The largest absolute Gasteiger partial charge is 0.445 e. The van der Waals surface area contributed by atoms with Crippen molar-refractivity contribution in [2.45, 2.75) is 39.3 Å². The van der Waals surface area contributed by atoms with Gasteiger partial charge in [0.25, 0.3) is 5.56 Å². The number of rotatable bonds is 3. The average Bonchev–Trinajstić information content (AvgIpc) is 3.08. The summed E-state index contributed by atoms with van der Waals surface area (Å²) in [6, 6.07) is 7.13. The van der Waals surface area contributed by atoms with Crippen molar-refractivity contribution in [3.63, 3.8) is 0 Å². The van der Waals surface area contributed by atoms with Crippen LogP contribution < -0.4 is 5.56 Å². The maximum absolute atomic E-state index is 12.7. The van der Waals surface area contributed by atoms with Crippen LogP contribution >= 0.6 is 0 Å². The molecule has 0 radical (unpaired) electrons. The fourth-order valence-corrected chi connectivity index (χ4v) is 3.14. The van der Waals surface area contributed by atoms with Crippen LogP contribution in [0, 0.1) is 0 Å². The lowest BCUT2D eigenvalue weighted by Gasteiger charge is -2.25. The molecule has 1 amide bonds. The summed E-state index contributed by atoms with van der Waals surface area (Å²) in [4.78, 5) is 35.7. The smallest absolute Gasteiger partial charge is 0.261 e. The number of nitrogens with zero attached hydrogens (tertiary/aromatic N) is 4. The Kier molecular flexibility index (Phi) is 4.06. The molecule has 0 saturated carbocycles. The Bertz CT molecular complexity index is 1030. The molecule has 0 fully saturated rings. The van der Waals surface area contributed by atoms with Gasteiger partial charge in [-0.05, 0) is 12.1 Å². The fourth-order valence-electron chi connectivity index (χ4n) is 3.14. The van der Waals surface area contributed by atoms with E-state index in [-0.39, 0.29) is 23.9 Å². The van der Waals surface area contributed by atoms with E-state index in [1.54, 1.807) is 23.1 Å². The summed E-state index contributed by atoms with van der Waals surface area (Å²) in [5.74, 6) is 1.66. The van der Waals surface area contributed by atoms with E-state index >= 15 is 0 Å². The third-order valence-corrected chi connectivity index (χ3v) is 4.63. The van der Waals surface area contributed by atoms with Crippen molar-refractivity contribution >= 4 is 16.8 Å². The molecule has 0 bridgehead atoms. The number of carbonyl (C=O) groups excluding carboxylic acids is 1. The van der Waals surface area contributed by atoms with Crippen molar-refractivity contribution in [1.82, 2.24) is 19.4 Å². The monoisotopic (exact) mass is 352 g/mol.